The summed E-state index contributed by atoms with van der Waals surface area (Å²) in [6.45, 7) is 14.4. The van der Waals surface area contributed by atoms with Gasteiger partial charge in [0, 0.05) is 18.0 Å². The fraction of sp³-hybridized carbons (Fsp3) is 0.433. The first kappa shape index (κ1) is 33.5. The molecule has 1 amide bonds. The maximum Gasteiger partial charge on any atom is 0.227 e. The summed E-state index contributed by atoms with van der Waals surface area (Å²) in [4.78, 5) is 22.6. The third-order valence-corrected chi connectivity index (χ3v) is 5.69. The molecule has 0 aliphatic carbocycles. The van der Waals surface area contributed by atoms with E-state index in [1.54, 1.807) is 17.3 Å². The topological polar surface area (TPSA) is 98.1 Å². The van der Waals surface area contributed by atoms with Crippen molar-refractivity contribution in [3.05, 3.63) is 78.4 Å². The van der Waals surface area contributed by atoms with Crippen molar-refractivity contribution in [2.45, 2.75) is 79.2 Å². The lowest BCUT2D eigenvalue weighted by atomic mass is 10.0. The lowest BCUT2D eigenvalue weighted by Gasteiger charge is -2.22. The molecule has 4 N–H and O–H groups in total. The number of anilines is 2. The highest BCUT2D eigenvalue weighted by Crippen LogP contribution is 2.31. The van der Waals surface area contributed by atoms with Crippen LogP contribution >= 0.6 is 0 Å². The summed E-state index contributed by atoms with van der Waals surface area (Å²) >= 11 is 0. The quantitative estimate of drug-likeness (QED) is 0.293. The molecule has 3 rings (SSSR count). The van der Waals surface area contributed by atoms with Gasteiger partial charge < -0.3 is 16.4 Å². The lowest BCUT2D eigenvalue weighted by Crippen LogP contribution is -2.31. The summed E-state index contributed by atoms with van der Waals surface area (Å²) < 4.78 is 9.50. The molecule has 37 heavy (non-hydrogen) atoms. The van der Waals surface area contributed by atoms with Crippen LogP contribution in [0.3, 0.4) is 0 Å². The molecule has 2 aromatic rings. The Morgan fingerprint density at radius 2 is 1.84 bits per heavy atom. The number of alkyl halides is 1. The SMILES string of the molecule is C=C(/C(=C/CC/C=C\N)CC)c1ncc(N2C(=O)CCC2C)c(N)n1.CC.CCc1ccccc1.CF. The second kappa shape index (κ2) is 19.7. The molecule has 1 saturated heterocycles. The standard InChI is InChI=1S/C19H27N5O.C8H10.C2H6.CH3F/c1-4-15(8-6-5-7-11-20)14(3)19-22-12-16(18(21)23-19)24-13(2)9-10-17(24)25;1-2-8-6-4-3-5-7-8;2*1-2/h7-8,11-13H,3-6,9-10,20H2,1-2H3,(H2,21,22,23);3-7H,2H2,1H3;1-2H3;1H3/b11-7-,15-8+;;;. The molecular weight excluding hydrogens is 465 g/mol. The molecule has 1 aromatic heterocycles. The van der Waals surface area contributed by atoms with Gasteiger partial charge in [-0.3, -0.25) is 9.18 Å². The highest BCUT2D eigenvalue weighted by molar-refractivity contribution is 5.98. The van der Waals surface area contributed by atoms with Crippen LogP contribution in [0.1, 0.15) is 78.1 Å². The predicted molar refractivity (Wildman–Crippen MR) is 157 cm³/mol. The minimum absolute atomic E-state index is 0.0662. The van der Waals surface area contributed by atoms with Crippen molar-refractivity contribution in [1.82, 2.24) is 9.97 Å². The summed E-state index contributed by atoms with van der Waals surface area (Å²) in [7, 11) is 0.500. The number of rotatable bonds is 8. The maximum absolute atomic E-state index is 12.1. The lowest BCUT2D eigenvalue weighted by molar-refractivity contribution is -0.117. The van der Waals surface area contributed by atoms with E-state index in [2.05, 4.69) is 60.7 Å². The third kappa shape index (κ3) is 11.0. The van der Waals surface area contributed by atoms with Gasteiger partial charge in [0.15, 0.2) is 11.6 Å². The van der Waals surface area contributed by atoms with Crippen molar-refractivity contribution in [3.8, 4) is 0 Å². The van der Waals surface area contributed by atoms with E-state index in [0.29, 0.717) is 30.9 Å². The zero-order valence-electron chi connectivity index (χ0n) is 23.5. The molecule has 0 spiro atoms. The summed E-state index contributed by atoms with van der Waals surface area (Å²) in [5.74, 6) is 0.884. The van der Waals surface area contributed by atoms with Crippen LogP contribution in [0.15, 0.2) is 67.0 Å². The minimum atomic E-state index is 0.0662. The van der Waals surface area contributed by atoms with Crippen LogP contribution < -0.4 is 16.4 Å². The molecule has 1 atom stereocenters. The number of unbranched alkanes of at least 4 members (excludes halogenated alkanes) is 1. The fourth-order valence-corrected chi connectivity index (χ4v) is 3.71. The maximum atomic E-state index is 12.1. The Kier molecular flexibility index (Phi) is 17.8. The molecule has 0 saturated carbocycles. The predicted octanol–water partition coefficient (Wildman–Crippen LogP) is 7.04. The van der Waals surface area contributed by atoms with Crippen LogP contribution in [0.2, 0.25) is 0 Å². The second-order valence-corrected chi connectivity index (χ2v) is 8.02. The van der Waals surface area contributed by atoms with Crippen LogP contribution in [0.4, 0.5) is 15.9 Å². The second-order valence-electron chi connectivity index (χ2n) is 8.02. The van der Waals surface area contributed by atoms with Gasteiger partial charge in [-0.15, -0.1) is 0 Å². The number of hydrogen-bond donors (Lipinski definition) is 2. The van der Waals surface area contributed by atoms with Crippen molar-refractivity contribution in [2.75, 3.05) is 17.8 Å². The molecular formula is C30H46FN5O. The molecule has 7 heteroatoms. The Labute approximate surface area is 223 Å². The summed E-state index contributed by atoms with van der Waals surface area (Å²) in [6, 6.07) is 10.6. The summed E-state index contributed by atoms with van der Waals surface area (Å²) in [5, 5.41) is 0. The Morgan fingerprint density at radius 3 is 2.30 bits per heavy atom. The number of halogens is 1. The van der Waals surface area contributed by atoms with E-state index >= 15 is 0 Å². The van der Waals surface area contributed by atoms with Crippen molar-refractivity contribution in [3.63, 3.8) is 0 Å². The number of carbonyl (C=O) groups excluding carboxylic acids is 1. The Balaban J connectivity index is 0.000000900. The fourth-order valence-electron chi connectivity index (χ4n) is 3.71. The number of nitrogen functional groups attached to an aromatic ring is 1. The number of nitrogens with zero attached hydrogens (tertiary/aromatic N) is 3. The molecule has 6 nitrogen and oxygen atoms in total. The first-order valence-corrected chi connectivity index (χ1v) is 13.0. The summed E-state index contributed by atoms with van der Waals surface area (Å²) in [6.07, 6.45) is 12.3. The van der Waals surface area contributed by atoms with E-state index in [9.17, 15) is 9.18 Å². The van der Waals surface area contributed by atoms with E-state index in [4.69, 9.17) is 11.5 Å². The number of allylic oxidation sites excluding steroid dienone is 4. The van der Waals surface area contributed by atoms with Crippen molar-refractivity contribution in [2.24, 2.45) is 5.73 Å². The van der Waals surface area contributed by atoms with E-state index in [1.165, 1.54) is 5.56 Å². The molecule has 1 aliphatic heterocycles. The molecule has 1 fully saturated rings. The largest absolute Gasteiger partial charge is 0.405 e. The van der Waals surface area contributed by atoms with E-state index in [-0.39, 0.29) is 11.9 Å². The van der Waals surface area contributed by atoms with Crippen LogP contribution in [0.25, 0.3) is 5.57 Å². The number of aromatic nitrogens is 2. The van der Waals surface area contributed by atoms with Crippen molar-refractivity contribution < 1.29 is 9.18 Å². The Hall–Kier alpha value is -3.48. The van der Waals surface area contributed by atoms with Gasteiger partial charge in [-0.25, -0.2) is 9.97 Å². The number of benzene rings is 1. The smallest absolute Gasteiger partial charge is 0.227 e. The van der Waals surface area contributed by atoms with Gasteiger partial charge in [-0.05, 0) is 56.4 Å². The van der Waals surface area contributed by atoms with E-state index in [0.717, 1.165) is 43.3 Å². The van der Waals surface area contributed by atoms with Gasteiger partial charge in [0.2, 0.25) is 5.91 Å². The van der Waals surface area contributed by atoms with Gasteiger partial charge >= 0.3 is 0 Å². The zero-order chi connectivity index (χ0) is 28.2. The van der Waals surface area contributed by atoms with E-state index < -0.39 is 0 Å². The minimum Gasteiger partial charge on any atom is -0.405 e. The van der Waals surface area contributed by atoms with Crippen LogP contribution in [0.5, 0.6) is 0 Å². The number of aryl methyl sites for hydroxylation is 1. The normalized spacial score (nSPS) is 14.7. The molecule has 1 aromatic carbocycles. The molecule has 1 unspecified atom stereocenters. The average molecular weight is 512 g/mol. The molecule has 0 bridgehead atoms. The molecule has 204 valence electrons. The monoisotopic (exact) mass is 511 g/mol. The van der Waals surface area contributed by atoms with Gasteiger partial charge in [0.1, 0.15) is 5.69 Å². The van der Waals surface area contributed by atoms with Gasteiger partial charge in [0.25, 0.3) is 0 Å². The number of carbonyl (C=O) groups is 1. The Morgan fingerprint density at radius 1 is 1.19 bits per heavy atom. The van der Waals surface area contributed by atoms with Gasteiger partial charge in [-0.2, -0.15) is 0 Å². The number of amides is 1. The number of nitrogens with two attached hydrogens (primary N) is 2. The van der Waals surface area contributed by atoms with Crippen LogP contribution in [-0.2, 0) is 11.2 Å². The Bertz CT molecular complexity index is 989. The average Bonchev–Trinajstić information content (AvgIpc) is 3.28. The molecule has 2 heterocycles. The highest BCUT2D eigenvalue weighted by atomic mass is 19.1. The molecule has 1 aliphatic rings. The highest BCUT2D eigenvalue weighted by Gasteiger charge is 2.31. The van der Waals surface area contributed by atoms with Gasteiger partial charge in [-0.1, -0.05) is 76.8 Å². The van der Waals surface area contributed by atoms with Gasteiger partial charge in [0.05, 0.1) is 13.4 Å². The van der Waals surface area contributed by atoms with E-state index in [1.807, 2.05) is 32.9 Å². The van der Waals surface area contributed by atoms with Crippen molar-refractivity contribution in [1.29, 1.82) is 0 Å². The molecule has 0 radical (unpaired) electrons. The van der Waals surface area contributed by atoms with Crippen LogP contribution in [-0.4, -0.2) is 29.1 Å². The first-order chi connectivity index (χ1) is 17.9. The zero-order valence-corrected chi connectivity index (χ0v) is 23.5. The first-order valence-electron chi connectivity index (χ1n) is 13.0. The number of hydrogen-bond acceptors (Lipinski definition) is 5. The van der Waals surface area contributed by atoms with Crippen LogP contribution in [0, 0.1) is 0 Å². The van der Waals surface area contributed by atoms with Crippen molar-refractivity contribution >= 4 is 23.0 Å². The summed E-state index contributed by atoms with van der Waals surface area (Å²) in [5.41, 5.74) is 15.3. The third-order valence-electron chi connectivity index (χ3n) is 5.69.